The summed E-state index contributed by atoms with van der Waals surface area (Å²) in [6.07, 6.45) is 5.33. The number of nitrogens with one attached hydrogen (secondary N) is 1. The second-order valence-corrected chi connectivity index (χ2v) is 9.18. The van der Waals surface area contributed by atoms with E-state index in [1.165, 1.54) is 12.4 Å². The summed E-state index contributed by atoms with van der Waals surface area (Å²) < 4.78 is 5.45. The summed E-state index contributed by atoms with van der Waals surface area (Å²) in [5.74, 6) is -0.136. The molecule has 1 unspecified atom stereocenters. The van der Waals surface area contributed by atoms with Crippen molar-refractivity contribution in [1.29, 1.82) is 0 Å². The number of hydrogen-bond acceptors (Lipinski definition) is 7. The van der Waals surface area contributed by atoms with Gasteiger partial charge in [-0.25, -0.2) is 20.3 Å². The number of anilines is 1. The summed E-state index contributed by atoms with van der Waals surface area (Å²) in [5, 5.41) is 0. The Morgan fingerprint density at radius 3 is 2.08 bits per heavy atom. The fourth-order valence-corrected chi connectivity index (χ4v) is 4.66. The number of carbonyl (C=O) groups is 2. The van der Waals surface area contributed by atoms with Crippen molar-refractivity contribution < 1.29 is 19.2 Å². The van der Waals surface area contributed by atoms with Gasteiger partial charge in [0, 0.05) is 51.6 Å². The molecule has 3 heterocycles. The molecule has 2 fully saturated rings. The molecule has 0 radical (unpaired) electrons. The normalized spacial score (nSPS) is 18.0. The highest BCUT2D eigenvalue weighted by atomic mass is 16.8. The SMILES string of the molecule is O=C(NOC1CCCCO1)c1cnc(N2CCN(C(=O)C(c3ccccc3)c3ccccc3)CC2)nc1. The van der Waals surface area contributed by atoms with E-state index in [-0.39, 0.29) is 11.8 Å². The number of nitrogens with zero attached hydrogens (tertiary/aromatic N) is 4. The number of piperazine rings is 1. The number of carbonyl (C=O) groups excluding carboxylic acids is 2. The van der Waals surface area contributed by atoms with Gasteiger partial charge in [-0.15, -0.1) is 0 Å². The maximum Gasteiger partial charge on any atom is 0.278 e. The smallest absolute Gasteiger partial charge is 0.278 e. The van der Waals surface area contributed by atoms with Gasteiger partial charge >= 0.3 is 0 Å². The summed E-state index contributed by atoms with van der Waals surface area (Å²) in [6.45, 7) is 2.98. The van der Waals surface area contributed by atoms with E-state index >= 15 is 0 Å². The summed E-state index contributed by atoms with van der Waals surface area (Å²) in [7, 11) is 0. The van der Waals surface area contributed by atoms with E-state index in [0.717, 1.165) is 30.4 Å². The van der Waals surface area contributed by atoms with Crippen LogP contribution in [0.25, 0.3) is 0 Å². The number of hydroxylamine groups is 1. The first-order chi connectivity index (χ1) is 18.2. The average molecular weight is 502 g/mol. The van der Waals surface area contributed by atoms with Gasteiger partial charge in [0.2, 0.25) is 11.9 Å². The third kappa shape index (κ3) is 6.12. The molecule has 1 atom stereocenters. The molecule has 0 bridgehead atoms. The fraction of sp³-hybridized carbons (Fsp3) is 0.357. The van der Waals surface area contributed by atoms with Crippen LogP contribution in [0.3, 0.4) is 0 Å². The number of hydrogen-bond donors (Lipinski definition) is 1. The van der Waals surface area contributed by atoms with Crippen molar-refractivity contribution in [1.82, 2.24) is 20.3 Å². The van der Waals surface area contributed by atoms with E-state index in [9.17, 15) is 9.59 Å². The van der Waals surface area contributed by atoms with Gasteiger partial charge in [-0.3, -0.25) is 9.59 Å². The fourth-order valence-electron chi connectivity index (χ4n) is 4.66. The number of ether oxygens (including phenoxy) is 1. The molecule has 2 aliphatic rings. The molecule has 9 nitrogen and oxygen atoms in total. The molecular weight excluding hydrogens is 470 g/mol. The van der Waals surface area contributed by atoms with Crippen LogP contribution in [0.5, 0.6) is 0 Å². The standard InChI is InChI=1S/C28H31N5O4/c34-26(31-37-24-13-7-8-18-36-24)23-19-29-28(30-20-23)33-16-14-32(15-17-33)27(35)25(21-9-3-1-4-10-21)22-11-5-2-6-12-22/h1-6,9-12,19-20,24-25H,7-8,13-18H2,(H,31,34). The molecule has 5 rings (SSSR count). The first-order valence-electron chi connectivity index (χ1n) is 12.7. The van der Waals surface area contributed by atoms with Gasteiger partial charge in [0.1, 0.15) is 0 Å². The average Bonchev–Trinajstić information content (AvgIpc) is 2.98. The topological polar surface area (TPSA) is 96.9 Å². The van der Waals surface area contributed by atoms with Crippen LogP contribution in [0.15, 0.2) is 73.1 Å². The van der Waals surface area contributed by atoms with Crippen molar-refractivity contribution >= 4 is 17.8 Å². The van der Waals surface area contributed by atoms with Gasteiger partial charge in [-0.2, -0.15) is 0 Å². The Labute approximate surface area is 216 Å². The molecule has 192 valence electrons. The van der Waals surface area contributed by atoms with Crippen molar-refractivity contribution in [2.75, 3.05) is 37.7 Å². The van der Waals surface area contributed by atoms with Gasteiger partial charge in [0.15, 0.2) is 6.29 Å². The van der Waals surface area contributed by atoms with Gasteiger partial charge in [0.05, 0.1) is 11.5 Å². The highest BCUT2D eigenvalue weighted by molar-refractivity contribution is 5.92. The molecule has 2 saturated heterocycles. The Morgan fingerprint density at radius 1 is 0.892 bits per heavy atom. The number of rotatable bonds is 7. The predicted molar refractivity (Wildman–Crippen MR) is 138 cm³/mol. The lowest BCUT2D eigenvalue weighted by atomic mass is 9.90. The minimum absolute atomic E-state index is 0.0898. The van der Waals surface area contributed by atoms with Gasteiger partial charge in [-0.05, 0) is 24.0 Å². The van der Waals surface area contributed by atoms with Crippen LogP contribution in [0.1, 0.15) is 46.7 Å². The van der Waals surface area contributed by atoms with E-state index in [1.807, 2.05) is 70.5 Å². The lowest BCUT2D eigenvalue weighted by molar-refractivity contribution is -0.186. The highest BCUT2D eigenvalue weighted by Crippen LogP contribution is 2.27. The molecule has 2 amide bonds. The maximum atomic E-state index is 13.6. The number of amides is 2. The van der Waals surface area contributed by atoms with E-state index in [0.29, 0.717) is 44.3 Å². The lowest BCUT2D eigenvalue weighted by Crippen LogP contribution is -2.50. The van der Waals surface area contributed by atoms with E-state index in [1.54, 1.807) is 0 Å². The first kappa shape index (κ1) is 24.9. The van der Waals surface area contributed by atoms with E-state index in [2.05, 4.69) is 15.4 Å². The molecule has 2 aromatic carbocycles. The molecule has 1 N–H and O–H groups in total. The van der Waals surface area contributed by atoms with E-state index in [4.69, 9.17) is 9.57 Å². The zero-order valence-corrected chi connectivity index (χ0v) is 20.7. The molecule has 1 aromatic heterocycles. The molecule has 3 aromatic rings. The molecule has 0 spiro atoms. The summed E-state index contributed by atoms with van der Waals surface area (Å²) in [5.41, 5.74) is 4.70. The zero-order chi connectivity index (χ0) is 25.5. The summed E-state index contributed by atoms with van der Waals surface area (Å²) in [4.78, 5) is 44.0. The zero-order valence-electron chi connectivity index (χ0n) is 20.7. The molecule has 37 heavy (non-hydrogen) atoms. The van der Waals surface area contributed by atoms with Gasteiger partial charge < -0.3 is 14.5 Å². The van der Waals surface area contributed by atoms with Crippen molar-refractivity contribution in [3.63, 3.8) is 0 Å². The lowest BCUT2D eigenvalue weighted by Gasteiger charge is -2.36. The van der Waals surface area contributed by atoms with Crippen molar-refractivity contribution in [2.45, 2.75) is 31.5 Å². The van der Waals surface area contributed by atoms with Crippen LogP contribution in [0.2, 0.25) is 0 Å². The largest absolute Gasteiger partial charge is 0.350 e. The van der Waals surface area contributed by atoms with Crippen molar-refractivity contribution in [2.24, 2.45) is 0 Å². The van der Waals surface area contributed by atoms with E-state index < -0.39 is 12.2 Å². The Hall–Kier alpha value is -3.82. The van der Waals surface area contributed by atoms with Crippen molar-refractivity contribution in [3.8, 4) is 0 Å². The molecule has 2 aliphatic heterocycles. The van der Waals surface area contributed by atoms with Gasteiger partial charge in [-0.1, -0.05) is 60.7 Å². The van der Waals surface area contributed by atoms with Gasteiger partial charge in [0.25, 0.3) is 5.91 Å². The quantitative estimate of drug-likeness (QED) is 0.497. The minimum atomic E-state index is -0.416. The summed E-state index contributed by atoms with van der Waals surface area (Å²) in [6, 6.07) is 19.8. The second kappa shape index (κ2) is 11.9. The molecule has 0 aliphatic carbocycles. The number of aromatic nitrogens is 2. The Morgan fingerprint density at radius 2 is 1.51 bits per heavy atom. The maximum absolute atomic E-state index is 13.6. The second-order valence-electron chi connectivity index (χ2n) is 9.18. The Kier molecular flexibility index (Phi) is 8.02. The minimum Gasteiger partial charge on any atom is -0.350 e. The highest BCUT2D eigenvalue weighted by Gasteiger charge is 2.30. The third-order valence-electron chi connectivity index (χ3n) is 6.71. The van der Waals surface area contributed by atoms with Crippen LogP contribution in [-0.4, -0.2) is 65.8 Å². The molecule has 9 heteroatoms. The van der Waals surface area contributed by atoms with Crippen LogP contribution < -0.4 is 10.4 Å². The predicted octanol–water partition coefficient (Wildman–Crippen LogP) is 3.15. The third-order valence-corrected chi connectivity index (χ3v) is 6.71. The summed E-state index contributed by atoms with van der Waals surface area (Å²) >= 11 is 0. The molecular formula is C28H31N5O4. The Bertz CT molecular complexity index is 1120. The number of benzene rings is 2. The van der Waals surface area contributed by atoms with Crippen LogP contribution >= 0.6 is 0 Å². The van der Waals surface area contributed by atoms with Crippen molar-refractivity contribution in [3.05, 3.63) is 89.7 Å². The Balaban J connectivity index is 1.18. The van der Waals surface area contributed by atoms with Crippen LogP contribution in [-0.2, 0) is 14.4 Å². The first-order valence-corrected chi connectivity index (χ1v) is 12.7. The van der Waals surface area contributed by atoms with Crippen LogP contribution in [0, 0.1) is 0 Å². The van der Waals surface area contributed by atoms with Crippen LogP contribution in [0.4, 0.5) is 5.95 Å². The molecule has 0 saturated carbocycles. The monoisotopic (exact) mass is 501 g/mol.